The predicted octanol–water partition coefficient (Wildman–Crippen LogP) is 6.43. The van der Waals surface area contributed by atoms with Crippen molar-refractivity contribution in [1.29, 1.82) is 0 Å². The van der Waals surface area contributed by atoms with Gasteiger partial charge >= 0.3 is 0 Å². The molecule has 3 rings (SSSR count). The molecule has 0 saturated heterocycles. The zero-order valence-electron chi connectivity index (χ0n) is 14.8. The Morgan fingerprint density at radius 1 is 0.923 bits per heavy atom. The van der Waals surface area contributed by atoms with Gasteiger partial charge in [0.25, 0.3) is 0 Å². The Kier molecular flexibility index (Phi) is 6.02. The highest BCUT2D eigenvalue weighted by molar-refractivity contribution is 8.14. The highest BCUT2D eigenvalue weighted by Gasteiger charge is 2.17. The van der Waals surface area contributed by atoms with Crippen LogP contribution in [0.1, 0.15) is 27.5 Å². The summed E-state index contributed by atoms with van der Waals surface area (Å²) in [6.45, 7) is 4.10. The zero-order valence-corrected chi connectivity index (χ0v) is 16.4. The van der Waals surface area contributed by atoms with Crippen molar-refractivity contribution >= 4 is 34.2 Å². The first-order chi connectivity index (χ1) is 12.5. The van der Waals surface area contributed by atoms with Crippen molar-refractivity contribution in [3.05, 3.63) is 100 Å². The van der Waals surface area contributed by atoms with E-state index in [1.807, 2.05) is 49.4 Å². The lowest BCUT2D eigenvalue weighted by atomic mass is 10.0. The molecule has 4 heteroatoms. The first-order valence-electron chi connectivity index (χ1n) is 8.41. The smallest absolute Gasteiger partial charge is 0.160 e. The number of aliphatic imine (C=N–C) groups is 1. The number of hydrogen-bond acceptors (Lipinski definition) is 2. The molecular weight excluding hydrogens is 360 g/mol. The SMILES string of the molecule is Cc1ccc(C)c(N=C(N)S[C@H](c2ccccc2)c2ccc(Cl)cc2)c1. The number of rotatable bonds is 4. The number of nitrogens with two attached hydrogens (primary N) is 1. The highest BCUT2D eigenvalue weighted by atomic mass is 35.5. The molecule has 0 heterocycles. The number of nitrogens with zero attached hydrogens (tertiary/aromatic N) is 1. The molecule has 0 aromatic heterocycles. The maximum absolute atomic E-state index is 6.32. The van der Waals surface area contributed by atoms with E-state index in [0.717, 1.165) is 21.8 Å². The lowest BCUT2D eigenvalue weighted by Crippen LogP contribution is -2.10. The summed E-state index contributed by atoms with van der Waals surface area (Å²) < 4.78 is 0. The van der Waals surface area contributed by atoms with Gasteiger partial charge in [-0.1, -0.05) is 78.0 Å². The molecule has 0 radical (unpaired) electrons. The first-order valence-corrected chi connectivity index (χ1v) is 9.67. The second-order valence-corrected chi connectivity index (χ2v) is 7.76. The van der Waals surface area contributed by atoms with E-state index in [9.17, 15) is 0 Å². The Hall–Kier alpha value is -2.23. The number of hydrogen-bond donors (Lipinski definition) is 1. The van der Waals surface area contributed by atoms with Crippen LogP contribution in [0, 0.1) is 13.8 Å². The Balaban J connectivity index is 1.94. The van der Waals surface area contributed by atoms with Crippen LogP contribution in [0.4, 0.5) is 5.69 Å². The Morgan fingerprint density at radius 2 is 1.58 bits per heavy atom. The molecule has 0 fully saturated rings. The van der Waals surface area contributed by atoms with Gasteiger partial charge < -0.3 is 5.73 Å². The zero-order chi connectivity index (χ0) is 18.5. The summed E-state index contributed by atoms with van der Waals surface area (Å²) in [5.41, 5.74) is 11.8. The van der Waals surface area contributed by atoms with E-state index in [2.05, 4.69) is 42.2 Å². The molecule has 0 aliphatic heterocycles. The number of aryl methyl sites for hydroxylation is 2. The lowest BCUT2D eigenvalue weighted by Gasteiger charge is -2.17. The molecule has 2 N–H and O–H groups in total. The van der Waals surface area contributed by atoms with Gasteiger partial charge in [-0.15, -0.1) is 0 Å². The topological polar surface area (TPSA) is 38.4 Å². The van der Waals surface area contributed by atoms with Crippen LogP contribution in [-0.2, 0) is 0 Å². The van der Waals surface area contributed by atoms with E-state index >= 15 is 0 Å². The van der Waals surface area contributed by atoms with Crippen molar-refractivity contribution in [3.8, 4) is 0 Å². The fraction of sp³-hybridized carbons (Fsp3) is 0.136. The van der Waals surface area contributed by atoms with Gasteiger partial charge in [-0.05, 0) is 54.3 Å². The summed E-state index contributed by atoms with van der Waals surface area (Å²) in [6, 6.07) is 24.4. The molecule has 0 spiro atoms. The molecule has 0 saturated carbocycles. The van der Waals surface area contributed by atoms with Crippen LogP contribution in [0.3, 0.4) is 0 Å². The molecule has 0 unspecified atom stereocenters. The van der Waals surface area contributed by atoms with Crippen molar-refractivity contribution in [2.24, 2.45) is 10.7 Å². The summed E-state index contributed by atoms with van der Waals surface area (Å²) >= 11 is 7.60. The maximum atomic E-state index is 6.32. The second-order valence-electron chi connectivity index (χ2n) is 6.20. The molecule has 3 aromatic carbocycles. The van der Waals surface area contributed by atoms with E-state index in [4.69, 9.17) is 17.3 Å². The quantitative estimate of drug-likeness (QED) is 0.418. The molecule has 1 atom stereocenters. The average molecular weight is 381 g/mol. The van der Waals surface area contributed by atoms with Gasteiger partial charge in [-0.25, -0.2) is 4.99 Å². The van der Waals surface area contributed by atoms with Crippen LogP contribution >= 0.6 is 23.4 Å². The van der Waals surface area contributed by atoms with Crippen molar-refractivity contribution in [1.82, 2.24) is 0 Å². The molecular formula is C22H21ClN2S. The number of thioether (sulfide) groups is 1. The molecule has 3 aromatic rings. The van der Waals surface area contributed by atoms with Crippen molar-refractivity contribution in [2.45, 2.75) is 19.1 Å². The van der Waals surface area contributed by atoms with Crippen LogP contribution in [0.25, 0.3) is 0 Å². The molecule has 0 aliphatic carbocycles. The summed E-state index contributed by atoms with van der Waals surface area (Å²) in [4.78, 5) is 4.66. The predicted molar refractivity (Wildman–Crippen MR) is 115 cm³/mol. The standard InChI is InChI=1S/C22H21ClN2S/c1-15-8-9-16(2)20(14-15)25-22(24)26-21(17-6-4-3-5-7-17)18-10-12-19(23)13-11-18/h3-14,21H,1-2H3,(H2,24,25)/t21-/m1/s1. The van der Waals surface area contributed by atoms with E-state index in [1.165, 1.54) is 11.1 Å². The van der Waals surface area contributed by atoms with Crippen LogP contribution in [0.5, 0.6) is 0 Å². The van der Waals surface area contributed by atoms with Crippen LogP contribution in [0.2, 0.25) is 5.02 Å². The van der Waals surface area contributed by atoms with Crippen molar-refractivity contribution < 1.29 is 0 Å². The third-order valence-corrected chi connectivity index (χ3v) is 5.47. The minimum Gasteiger partial charge on any atom is -0.378 e. The molecule has 0 amide bonds. The molecule has 132 valence electrons. The minimum atomic E-state index is 0.0577. The molecule has 2 nitrogen and oxygen atoms in total. The van der Waals surface area contributed by atoms with Crippen LogP contribution in [0.15, 0.2) is 77.8 Å². The Morgan fingerprint density at radius 3 is 2.27 bits per heavy atom. The summed E-state index contributed by atoms with van der Waals surface area (Å²) in [5.74, 6) is 0. The van der Waals surface area contributed by atoms with Crippen molar-refractivity contribution in [3.63, 3.8) is 0 Å². The van der Waals surface area contributed by atoms with Crippen molar-refractivity contribution in [2.75, 3.05) is 0 Å². The van der Waals surface area contributed by atoms with Gasteiger partial charge in [0.2, 0.25) is 0 Å². The lowest BCUT2D eigenvalue weighted by molar-refractivity contribution is 1.16. The van der Waals surface area contributed by atoms with Crippen LogP contribution in [-0.4, -0.2) is 5.17 Å². The normalized spacial score (nSPS) is 12.8. The summed E-state index contributed by atoms with van der Waals surface area (Å²) in [7, 11) is 0. The Labute approximate surface area is 164 Å². The number of benzene rings is 3. The van der Waals surface area contributed by atoms with Gasteiger partial charge in [-0.2, -0.15) is 0 Å². The van der Waals surface area contributed by atoms with Gasteiger partial charge in [-0.3, -0.25) is 0 Å². The first kappa shape index (κ1) is 18.6. The molecule has 0 bridgehead atoms. The third-order valence-electron chi connectivity index (χ3n) is 4.11. The van der Waals surface area contributed by atoms with E-state index in [-0.39, 0.29) is 5.25 Å². The van der Waals surface area contributed by atoms with E-state index in [0.29, 0.717) is 5.17 Å². The Bertz CT molecular complexity index is 905. The van der Waals surface area contributed by atoms with Gasteiger partial charge in [0.15, 0.2) is 5.17 Å². The molecule has 26 heavy (non-hydrogen) atoms. The second kappa shape index (κ2) is 8.43. The summed E-state index contributed by atoms with van der Waals surface area (Å²) in [6.07, 6.45) is 0. The molecule has 0 aliphatic rings. The fourth-order valence-electron chi connectivity index (χ4n) is 2.70. The van der Waals surface area contributed by atoms with Gasteiger partial charge in [0.1, 0.15) is 0 Å². The maximum Gasteiger partial charge on any atom is 0.160 e. The summed E-state index contributed by atoms with van der Waals surface area (Å²) in [5, 5.41) is 1.33. The number of amidine groups is 1. The minimum absolute atomic E-state index is 0.0577. The van der Waals surface area contributed by atoms with Gasteiger partial charge in [0.05, 0.1) is 10.9 Å². The third kappa shape index (κ3) is 4.69. The fourth-order valence-corrected chi connectivity index (χ4v) is 3.80. The van der Waals surface area contributed by atoms with E-state index in [1.54, 1.807) is 11.8 Å². The van der Waals surface area contributed by atoms with Gasteiger partial charge in [0, 0.05) is 5.02 Å². The average Bonchev–Trinajstić information content (AvgIpc) is 2.64. The number of halogens is 1. The highest BCUT2D eigenvalue weighted by Crippen LogP contribution is 2.36. The monoisotopic (exact) mass is 380 g/mol. The van der Waals surface area contributed by atoms with E-state index < -0.39 is 0 Å². The largest absolute Gasteiger partial charge is 0.378 e. The van der Waals surface area contributed by atoms with Crippen LogP contribution < -0.4 is 5.73 Å².